The minimum Gasteiger partial charge on any atom is -0.356 e. The van der Waals surface area contributed by atoms with Crippen LogP contribution in [-0.4, -0.2) is 64.1 Å². The van der Waals surface area contributed by atoms with Crippen molar-refractivity contribution < 1.29 is 0 Å². The van der Waals surface area contributed by atoms with Gasteiger partial charge in [-0.1, -0.05) is 0 Å². The lowest BCUT2D eigenvalue weighted by molar-refractivity contribution is 0.198. The van der Waals surface area contributed by atoms with Crippen molar-refractivity contribution in [3.05, 3.63) is 36.0 Å². The van der Waals surface area contributed by atoms with E-state index in [-0.39, 0.29) is 0 Å². The Kier molecular flexibility index (Phi) is 6.00. The molecule has 0 atom stereocenters. The Labute approximate surface area is 167 Å². The van der Waals surface area contributed by atoms with Gasteiger partial charge in [-0.2, -0.15) is 4.98 Å². The predicted octanol–water partition coefficient (Wildman–Crippen LogP) is 2.67. The van der Waals surface area contributed by atoms with Crippen molar-refractivity contribution in [2.24, 2.45) is 0 Å². The molecule has 0 bridgehead atoms. The normalized spacial score (nSPS) is 18.7. The lowest BCUT2D eigenvalue weighted by Gasteiger charge is -2.37. The highest BCUT2D eigenvalue weighted by molar-refractivity contribution is 5.46. The molecule has 4 heterocycles. The quantitative estimate of drug-likeness (QED) is 0.789. The van der Waals surface area contributed by atoms with Crippen LogP contribution in [0.25, 0.3) is 0 Å². The van der Waals surface area contributed by atoms with Gasteiger partial charge in [0.2, 0.25) is 5.95 Å². The van der Waals surface area contributed by atoms with Crippen molar-refractivity contribution in [3.63, 3.8) is 0 Å². The fraction of sp³-hybridized carbons (Fsp3) is 0.619. The van der Waals surface area contributed by atoms with Crippen LogP contribution in [0.5, 0.6) is 0 Å². The summed E-state index contributed by atoms with van der Waals surface area (Å²) in [4.78, 5) is 25.4. The highest BCUT2D eigenvalue weighted by atomic mass is 15.3. The molecule has 0 spiro atoms. The molecule has 2 aliphatic heterocycles. The number of hydrogen-bond donors (Lipinski definition) is 0. The van der Waals surface area contributed by atoms with Crippen LogP contribution in [0.3, 0.4) is 0 Å². The average Bonchev–Trinajstić information content (AvgIpc) is 2.75. The van der Waals surface area contributed by atoms with E-state index in [9.17, 15) is 0 Å². The van der Waals surface area contributed by atoms with Gasteiger partial charge in [-0.3, -0.25) is 14.9 Å². The molecule has 7 heteroatoms. The Morgan fingerprint density at radius 2 is 1.79 bits per heavy atom. The zero-order chi connectivity index (χ0) is 19.3. The number of hydrogen-bond acceptors (Lipinski definition) is 7. The molecule has 2 aromatic rings. The molecule has 0 aromatic carbocycles. The molecular weight excluding hydrogens is 350 g/mol. The molecule has 0 amide bonds. The first-order valence-electron chi connectivity index (χ1n) is 10.5. The van der Waals surface area contributed by atoms with Crippen molar-refractivity contribution in [3.8, 4) is 0 Å². The zero-order valence-electron chi connectivity index (χ0n) is 17.1. The van der Waals surface area contributed by atoms with Crippen LogP contribution >= 0.6 is 0 Å². The Balaban J connectivity index is 1.37. The van der Waals surface area contributed by atoms with Gasteiger partial charge in [0.25, 0.3) is 0 Å². The largest absolute Gasteiger partial charge is 0.356 e. The summed E-state index contributed by atoms with van der Waals surface area (Å²) in [6.45, 7) is 7.16. The van der Waals surface area contributed by atoms with Crippen molar-refractivity contribution in [2.45, 2.75) is 51.6 Å². The van der Waals surface area contributed by atoms with E-state index in [4.69, 9.17) is 9.97 Å². The van der Waals surface area contributed by atoms with Gasteiger partial charge < -0.3 is 9.80 Å². The molecule has 7 nitrogen and oxygen atoms in total. The number of nitrogens with zero attached hydrogens (tertiary/aromatic N) is 7. The van der Waals surface area contributed by atoms with Crippen molar-refractivity contribution >= 4 is 11.8 Å². The van der Waals surface area contributed by atoms with Gasteiger partial charge >= 0.3 is 0 Å². The van der Waals surface area contributed by atoms with E-state index in [1.54, 1.807) is 12.4 Å². The molecule has 0 N–H and O–H groups in total. The lowest BCUT2D eigenvalue weighted by atomic mass is 10.0. The first-order valence-corrected chi connectivity index (χ1v) is 10.5. The number of anilines is 2. The van der Waals surface area contributed by atoms with E-state index in [2.05, 4.69) is 44.7 Å². The highest BCUT2D eigenvalue weighted by Crippen LogP contribution is 2.24. The van der Waals surface area contributed by atoms with Crippen molar-refractivity contribution in [1.82, 2.24) is 24.8 Å². The summed E-state index contributed by atoms with van der Waals surface area (Å²) >= 11 is 0. The van der Waals surface area contributed by atoms with Crippen LogP contribution in [0, 0.1) is 6.92 Å². The number of aromatic nitrogens is 4. The second-order valence-electron chi connectivity index (χ2n) is 8.05. The van der Waals surface area contributed by atoms with E-state index in [1.165, 1.54) is 19.3 Å². The predicted molar refractivity (Wildman–Crippen MR) is 112 cm³/mol. The summed E-state index contributed by atoms with van der Waals surface area (Å²) < 4.78 is 0. The van der Waals surface area contributed by atoms with Gasteiger partial charge in [-0.25, -0.2) is 4.98 Å². The van der Waals surface area contributed by atoms with Gasteiger partial charge in [-0.15, -0.1) is 0 Å². The zero-order valence-corrected chi connectivity index (χ0v) is 17.1. The van der Waals surface area contributed by atoms with E-state index in [0.29, 0.717) is 6.04 Å². The summed E-state index contributed by atoms with van der Waals surface area (Å²) in [6, 6.07) is 2.71. The summed E-state index contributed by atoms with van der Waals surface area (Å²) in [7, 11) is 2.19. The van der Waals surface area contributed by atoms with Gasteiger partial charge in [0.15, 0.2) is 0 Å². The Morgan fingerprint density at radius 1 is 1.00 bits per heavy atom. The molecule has 4 rings (SSSR count). The number of piperidine rings is 2. The third-order valence-electron chi connectivity index (χ3n) is 5.91. The summed E-state index contributed by atoms with van der Waals surface area (Å²) in [5.41, 5.74) is 2.09. The van der Waals surface area contributed by atoms with Crippen LogP contribution in [0.2, 0.25) is 0 Å². The minimum atomic E-state index is 0.572. The van der Waals surface area contributed by atoms with Crippen LogP contribution < -0.4 is 9.80 Å². The van der Waals surface area contributed by atoms with Crippen LogP contribution in [0.15, 0.2) is 24.7 Å². The fourth-order valence-corrected chi connectivity index (χ4v) is 4.27. The van der Waals surface area contributed by atoms with Gasteiger partial charge in [0.05, 0.1) is 5.69 Å². The van der Waals surface area contributed by atoms with Crippen LogP contribution in [0.1, 0.15) is 43.5 Å². The molecule has 0 saturated carbocycles. The third-order valence-corrected chi connectivity index (χ3v) is 5.91. The fourth-order valence-electron chi connectivity index (χ4n) is 4.27. The molecule has 0 unspecified atom stereocenters. The van der Waals surface area contributed by atoms with E-state index in [1.807, 2.05) is 6.20 Å². The topological polar surface area (TPSA) is 61.3 Å². The van der Waals surface area contributed by atoms with Crippen molar-refractivity contribution in [2.75, 3.05) is 43.0 Å². The van der Waals surface area contributed by atoms with Gasteiger partial charge in [0, 0.05) is 69.1 Å². The number of rotatable bonds is 5. The molecule has 2 aliphatic rings. The minimum absolute atomic E-state index is 0.572. The van der Waals surface area contributed by atoms with E-state index < -0.39 is 0 Å². The molecule has 2 saturated heterocycles. The van der Waals surface area contributed by atoms with E-state index in [0.717, 1.165) is 68.7 Å². The summed E-state index contributed by atoms with van der Waals surface area (Å²) in [6.07, 6.45) is 11.4. The molecule has 2 aromatic heterocycles. The second kappa shape index (κ2) is 8.82. The lowest BCUT2D eigenvalue weighted by Crippen LogP contribution is -2.43. The first-order chi connectivity index (χ1) is 13.7. The maximum absolute atomic E-state index is 4.93. The molecule has 2 fully saturated rings. The highest BCUT2D eigenvalue weighted by Gasteiger charge is 2.24. The average molecular weight is 382 g/mol. The van der Waals surface area contributed by atoms with Crippen LogP contribution in [-0.2, 0) is 6.54 Å². The maximum Gasteiger partial charge on any atom is 0.227 e. The Morgan fingerprint density at radius 3 is 2.50 bits per heavy atom. The number of aryl methyl sites for hydroxylation is 1. The molecule has 0 radical (unpaired) electrons. The molecular formula is C21H31N7. The molecule has 28 heavy (non-hydrogen) atoms. The monoisotopic (exact) mass is 381 g/mol. The SMILES string of the molecule is Cc1cc(N2CCC(N(C)Cc3cnccn3)CC2)nc(N2CCCCC2)n1. The molecule has 0 aliphatic carbocycles. The maximum atomic E-state index is 4.93. The Hall–Kier alpha value is -2.28. The van der Waals surface area contributed by atoms with Crippen LogP contribution in [0.4, 0.5) is 11.8 Å². The molecule has 150 valence electrons. The third kappa shape index (κ3) is 4.58. The Bertz CT molecular complexity index is 753. The van der Waals surface area contributed by atoms with Gasteiger partial charge in [0.1, 0.15) is 5.82 Å². The summed E-state index contributed by atoms with van der Waals surface area (Å²) in [5.74, 6) is 2.00. The standard InChI is InChI=1S/C21H31N7/c1-17-14-20(25-21(24-17)28-10-4-3-5-11-28)27-12-6-19(7-13-27)26(2)16-18-15-22-8-9-23-18/h8-9,14-15,19H,3-7,10-13,16H2,1-2H3. The summed E-state index contributed by atoms with van der Waals surface area (Å²) in [5, 5.41) is 0. The smallest absolute Gasteiger partial charge is 0.227 e. The first kappa shape index (κ1) is 19.1. The van der Waals surface area contributed by atoms with Gasteiger partial charge in [-0.05, 0) is 46.1 Å². The van der Waals surface area contributed by atoms with E-state index >= 15 is 0 Å². The second-order valence-corrected chi connectivity index (χ2v) is 8.05. The van der Waals surface area contributed by atoms with Crippen molar-refractivity contribution in [1.29, 1.82) is 0 Å².